The van der Waals surface area contributed by atoms with Crippen LogP contribution in [0.3, 0.4) is 0 Å². The summed E-state index contributed by atoms with van der Waals surface area (Å²) in [6.45, 7) is 4.13. The van der Waals surface area contributed by atoms with Crippen LogP contribution >= 0.6 is 0 Å². The number of oxazole rings is 1. The number of fused-ring (bicyclic) bond motifs is 2. The summed E-state index contributed by atoms with van der Waals surface area (Å²) in [4.78, 5) is 30.0. The summed E-state index contributed by atoms with van der Waals surface area (Å²) < 4.78 is 43.1. The van der Waals surface area contributed by atoms with E-state index in [0.717, 1.165) is 6.42 Å². The highest BCUT2D eigenvalue weighted by molar-refractivity contribution is 7.90. The fourth-order valence-corrected chi connectivity index (χ4v) is 5.37. The van der Waals surface area contributed by atoms with Crippen molar-refractivity contribution < 1.29 is 17.6 Å². The molecule has 0 saturated heterocycles. The molecule has 0 unspecified atom stereocenters. The quantitative estimate of drug-likeness (QED) is 0.353. The molecular weight excluding hydrogens is 474 g/mol. The maximum Gasteiger partial charge on any atom is 0.419 e. The summed E-state index contributed by atoms with van der Waals surface area (Å²) >= 11 is 0. The number of nitrogens with zero attached hydrogens (tertiary/aromatic N) is 5. The molecule has 35 heavy (non-hydrogen) atoms. The lowest BCUT2D eigenvalue weighted by Gasteiger charge is -2.08. The minimum Gasteiger partial charge on any atom is -0.494 e. The smallest absolute Gasteiger partial charge is 0.419 e. The minimum absolute atomic E-state index is 0.0556. The molecular formula is C23H23N5O6S. The third-order valence-electron chi connectivity index (χ3n) is 5.85. The molecule has 182 valence electrons. The van der Waals surface area contributed by atoms with Gasteiger partial charge in [-0.2, -0.15) is 12.4 Å². The van der Waals surface area contributed by atoms with Crippen molar-refractivity contribution in [3.8, 4) is 11.4 Å². The van der Waals surface area contributed by atoms with Gasteiger partial charge in [0.2, 0.25) is 0 Å². The summed E-state index contributed by atoms with van der Waals surface area (Å²) in [5.41, 5.74) is 0.505. The van der Waals surface area contributed by atoms with Crippen molar-refractivity contribution >= 4 is 32.2 Å². The third kappa shape index (κ3) is 3.48. The first kappa shape index (κ1) is 22.7. The van der Waals surface area contributed by atoms with E-state index < -0.39 is 21.5 Å². The van der Waals surface area contributed by atoms with E-state index in [0.29, 0.717) is 33.4 Å². The Kier molecular flexibility index (Phi) is 5.20. The largest absolute Gasteiger partial charge is 0.494 e. The molecule has 0 N–H and O–H groups in total. The molecule has 3 heterocycles. The van der Waals surface area contributed by atoms with Gasteiger partial charge in [-0.1, -0.05) is 13.0 Å². The van der Waals surface area contributed by atoms with Crippen LogP contribution < -0.4 is 16.2 Å². The lowest BCUT2D eigenvalue weighted by molar-refractivity contribution is 0.317. The third-order valence-corrected chi connectivity index (χ3v) is 7.41. The number of rotatable bonds is 6. The molecule has 5 aromatic rings. The number of hydrogen-bond donors (Lipinski definition) is 0. The van der Waals surface area contributed by atoms with Crippen molar-refractivity contribution in [2.24, 2.45) is 14.1 Å². The predicted molar refractivity (Wildman–Crippen MR) is 129 cm³/mol. The van der Waals surface area contributed by atoms with Gasteiger partial charge < -0.3 is 13.7 Å². The van der Waals surface area contributed by atoms with E-state index in [4.69, 9.17) is 9.15 Å². The van der Waals surface area contributed by atoms with E-state index >= 15 is 0 Å². The van der Waals surface area contributed by atoms with Crippen LogP contribution in [0.5, 0.6) is 5.75 Å². The Balaban J connectivity index is 1.87. The van der Waals surface area contributed by atoms with Gasteiger partial charge in [0.1, 0.15) is 11.6 Å². The van der Waals surface area contributed by atoms with E-state index in [1.165, 1.54) is 28.4 Å². The van der Waals surface area contributed by atoms with Crippen molar-refractivity contribution in [1.29, 1.82) is 0 Å². The average Bonchev–Trinajstić information content (AvgIpc) is 3.41. The molecule has 0 aliphatic rings. The van der Waals surface area contributed by atoms with Crippen LogP contribution in [-0.2, 0) is 24.1 Å². The van der Waals surface area contributed by atoms with Crippen molar-refractivity contribution in [2.75, 3.05) is 6.61 Å². The average molecular weight is 498 g/mol. The Morgan fingerprint density at radius 2 is 1.83 bits per heavy atom. The second-order valence-electron chi connectivity index (χ2n) is 8.21. The van der Waals surface area contributed by atoms with Crippen LogP contribution in [0, 0.1) is 6.92 Å². The molecule has 0 amide bonds. The normalized spacial score (nSPS) is 12.1. The highest BCUT2D eigenvalue weighted by Crippen LogP contribution is 2.27. The molecule has 2 aromatic carbocycles. The molecule has 0 spiro atoms. The molecule has 3 aromatic heterocycles. The first-order chi connectivity index (χ1) is 16.6. The molecule has 11 nitrogen and oxygen atoms in total. The van der Waals surface area contributed by atoms with E-state index in [9.17, 15) is 18.0 Å². The Bertz CT molecular complexity index is 1810. The Morgan fingerprint density at radius 3 is 2.51 bits per heavy atom. The molecule has 0 aliphatic heterocycles. The molecule has 12 heteroatoms. The number of benzene rings is 2. The van der Waals surface area contributed by atoms with Gasteiger partial charge in [-0.15, -0.1) is 0 Å². The van der Waals surface area contributed by atoms with Gasteiger partial charge >= 0.3 is 11.4 Å². The number of aryl methyl sites for hydroxylation is 3. The van der Waals surface area contributed by atoms with Crippen molar-refractivity contribution in [3.63, 3.8) is 0 Å². The summed E-state index contributed by atoms with van der Waals surface area (Å²) in [6, 6.07) is 9.77. The van der Waals surface area contributed by atoms with E-state index in [-0.39, 0.29) is 21.6 Å². The minimum atomic E-state index is -4.39. The second kappa shape index (κ2) is 8.01. The summed E-state index contributed by atoms with van der Waals surface area (Å²) in [5.74, 6) is 0.404. The number of ether oxygens (including phenoxy) is 1. The van der Waals surface area contributed by atoms with E-state index in [1.54, 1.807) is 48.9 Å². The summed E-state index contributed by atoms with van der Waals surface area (Å²) in [6.07, 6.45) is 2.15. The first-order valence-corrected chi connectivity index (χ1v) is 12.3. The van der Waals surface area contributed by atoms with Crippen LogP contribution in [0.15, 0.2) is 61.6 Å². The zero-order chi connectivity index (χ0) is 25.1. The fourth-order valence-electron chi connectivity index (χ4n) is 3.95. The van der Waals surface area contributed by atoms with Gasteiger partial charge in [-0.05, 0) is 31.5 Å². The molecule has 5 rings (SSSR count). The number of hydrogen-bond acceptors (Lipinski definition) is 7. The zero-order valence-corrected chi connectivity index (χ0v) is 20.4. The highest BCUT2D eigenvalue weighted by Gasteiger charge is 2.29. The van der Waals surface area contributed by atoms with Gasteiger partial charge in [0.05, 0.1) is 28.8 Å². The molecule has 0 radical (unpaired) electrons. The maximum atomic E-state index is 13.8. The van der Waals surface area contributed by atoms with Crippen molar-refractivity contribution in [2.45, 2.75) is 25.3 Å². The molecule has 0 bridgehead atoms. The standard InChI is InChI=1S/C23H23N5O6S/c1-5-9-33-16-8-6-7-15(10-16)27-17-11-19-20(34-23(30)26(19)4)12-18(17)28(22(27)29)35(31,32)21-13-25(3)14(2)24-21/h6-8,10-13H,5,9H2,1-4H3. The fraction of sp³-hybridized carbons (Fsp3) is 0.261. The van der Waals surface area contributed by atoms with E-state index in [2.05, 4.69) is 4.98 Å². The van der Waals surface area contributed by atoms with Gasteiger partial charge in [0, 0.05) is 32.4 Å². The molecule has 0 saturated carbocycles. The Morgan fingerprint density at radius 1 is 1.06 bits per heavy atom. The number of aromatic nitrogens is 5. The second-order valence-corrected chi connectivity index (χ2v) is 9.94. The van der Waals surface area contributed by atoms with Gasteiger partial charge in [-0.25, -0.2) is 14.6 Å². The van der Waals surface area contributed by atoms with Crippen LogP contribution in [0.25, 0.3) is 27.8 Å². The Hall–Kier alpha value is -4.06. The van der Waals surface area contributed by atoms with Gasteiger partial charge in [0.25, 0.3) is 10.0 Å². The SMILES string of the molecule is CCCOc1cccc(-n2c(=O)n(S(=O)(=O)c3cn(C)c(C)n3)c3cc4oc(=O)n(C)c4cc32)c1. The molecule has 0 atom stereocenters. The lowest BCUT2D eigenvalue weighted by Crippen LogP contribution is -2.29. The van der Waals surface area contributed by atoms with Crippen molar-refractivity contribution in [3.05, 3.63) is 69.5 Å². The first-order valence-electron chi connectivity index (χ1n) is 10.9. The molecule has 0 aliphatic carbocycles. The van der Waals surface area contributed by atoms with Crippen molar-refractivity contribution in [1.82, 2.24) is 22.7 Å². The number of imidazole rings is 2. The lowest BCUT2D eigenvalue weighted by atomic mass is 10.2. The zero-order valence-electron chi connectivity index (χ0n) is 19.5. The predicted octanol–water partition coefficient (Wildman–Crippen LogP) is 2.30. The topological polar surface area (TPSA) is 123 Å². The van der Waals surface area contributed by atoms with E-state index in [1.807, 2.05) is 6.92 Å². The van der Waals surface area contributed by atoms with Crippen LogP contribution in [-0.4, -0.2) is 37.7 Å². The Labute approximate surface area is 199 Å². The van der Waals surface area contributed by atoms with Crippen LogP contribution in [0.2, 0.25) is 0 Å². The summed E-state index contributed by atoms with van der Waals surface area (Å²) in [5, 5.41) is -0.270. The van der Waals surface area contributed by atoms with Crippen LogP contribution in [0.4, 0.5) is 0 Å². The van der Waals surface area contributed by atoms with Gasteiger partial charge in [-0.3, -0.25) is 9.13 Å². The highest BCUT2D eigenvalue weighted by atomic mass is 32.2. The van der Waals surface area contributed by atoms with Crippen LogP contribution in [0.1, 0.15) is 19.2 Å². The monoisotopic (exact) mass is 497 g/mol. The maximum absolute atomic E-state index is 13.8. The van der Waals surface area contributed by atoms with Gasteiger partial charge in [0.15, 0.2) is 10.6 Å². The molecule has 0 fully saturated rings. The summed E-state index contributed by atoms with van der Waals surface area (Å²) in [7, 11) is -1.19.